The molecular formula is C6H10ClNO3. The Bertz CT molecular complexity index is 149. The van der Waals surface area contributed by atoms with Gasteiger partial charge in [-0.1, -0.05) is 0 Å². The molecule has 0 aliphatic rings. The van der Waals surface area contributed by atoms with Crippen LogP contribution in [0.5, 0.6) is 0 Å². The van der Waals surface area contributed by atoms with Crippen LogP contribution >= 0.6 is 11.8 Å². The van der Waals surface area contributed by atoms with E-state index in [0.29, 0.717) is 12.8 Å². The van der Waals surface area contributed by atoms with Crippen LogP contribution in [0.15, 0.2) is 0 Å². The maximum absolute atomic E-state index is 10.5. The number of halogens is 1. The largest absolute Gasteiger partial charge is 0.481 e. The van der Waals surface area contributed by atoms with Crippen molar-refractivity contribution >= 4 is 23.7 Å². The summed E-state index contributed by atoms with van der Waals surface area (Å²) in [6.07, 6.45) is 1.47. The van der Waals surface area contributed by atoms with E-state index in [1.54, 1.807) is 0 Å². The summed E-state index contributed by atoms with van der Waals surface area (Å²) in [6.45, 7) is 0. The molecule has 0 aromatic rings. The molecule has 0 aliphatic heterocycles. The molecule has 0 fully saturated rings. The van der Waals surface area contributed by atoms with Crippen molar-refractivity contribution in [1.29, 1.82) is 0 Å². The van der Waals surface area contributed by atoms with Gasteiger partial charge in [0.2, 0.25) is 5.91 Å². The van der Waals surface area contributed by atoms with Crippen LogP contribution in [0.25, 0.3) is 0 Å². The third kappa shape index (κ3) is 7.12. The van der Waals surface area contributed by atoms with Crippen LogP contribution in [0.1, 0.15) is 25.7 Å². The van der Waals surface area contributed by atoms with Crippen LogP contribution < -0.4 is 4.84 Å². The lowest BCUT2D eigenvalue weighted by Crippen LogP contribution is -2.11. The number of carbonyl (C=O) groups is 2. The van der Waals surface area contributed by atoms with Gasteiger partial charge in [-0.2, -0.15) is 0 Å². The molecule has 0 saturated heterocycles. The van der Waals surface area contributed by atoms with Gasteiger partial charge in [-0.05, 0) is 12.8 Å². The molecule has 0 radical (unpaired) electrons. The van der Waals surface area contributed by atoms with E-state index in [-0.39, 0.29) is 18.7 Å². The lowest BCUT2D eigenvalue weighted by atomic mass is 10.2. The molecule has 0 atom stereocenters. The average Bonchev–Trinajstić information content (AvgIpc) is 1.97. The van der Waals surface area contributed by atoms with Crippen molar-refractivity contribution in [3.8, 4) is 0 Å². The number of unbranched alkanes of at least 4 members (excludes halogenated alkanes) is 1. The van der Waals surface area contributed by atoms with E-state index in [2.05, 4.69) is 0 Å². The molecule has 64 valence electrons. The van der Waals surface area contributed by atoms with Crippen molar-refractivity contribution in [3.05, 3.63) is 0 Å². The zero-order valence-electron chi connectivity index (χ0n) is 5.97. The van der Waals surface area contributed by atoms with E-state index in [1.807, 2.05) is 4.84 Å². The summed E-state index contributed by atoms with van der Waals surface area (Å²) in [5, 5.41) is 8.21. The van der Waals surface area contributed by atoms with Crippen LogP contribution in [0.4, 0.5) is 0 Å². The zero-order chi connectivity index (χ0) is 8.69. The van der Waals surface area contributed by atoms with Crippen molar-refractivity contribution in [2.45, 2.75) is 25.7 Å². The Morgan fingerprint density at radius 2 is 1.82 bits per heavy atom. The topological polar surface area (TPSA) is 66.4 Å². The van der Waals surface area contributed by atoms with Gasteiger partial charge in [0.05, 0.1) is 0 Å². The van der Waals surface area contributed by atoms with E-state index < -0.39 is 5.97 Å². The van der Waals surface area contributed by atoms with Gasteiger partial charge in [-0.25, -0.2) is 0 Å². The summed E-state index contributed by atoms with van der Waals surface area (Å²) < 4.78 is 0. The summed E-state index contributed by atoms with van der Waals surface area (Å²) in [5.74, 6) is -1.10. The van der Waals surface area contributed by atoms with Crippen molar-refractivity contribution in [2.24, 2.45) is 0 Å². The molecule has 0 bridgehead atoms. The summed E-state index contributed by atoms with van der Waals surface area (Å²) in [7, 11) is 0. The smallest absolute Gasteiger partial charge is 0.303 e. The Morgan fingerprint density at radius 3 is 2.27 bits per heavy atom. The van der Waals surface area contributed by atoms with Gasteiger partial charge in [0.25, 0.3) is 0 Å². The van der Waals surface area contributed by atoms with Crippen LogP contribution in [0.2, 0.25) is 0 Å². The number of hydrogen-bond donors (Lipinski definition) is 2. The molecule has 2 N–H and O–H groups in total. The summed E-state index contributed by atoms with van der Waals surface area (Å²) in [5.41, 5.74) is 0. The summed E-state index contributed by atoms with van der Waals surface area (Å²) in [6, 6.07) is 0. The highest BCUT2D eigenvalue weighted by Crippen LogP contribution is 1.99. The Kier molecular flexibility index (Phi) is 5.56. The van der Waals surface area contributed by atoms with E-state index >= 15 is 0 Å². The van der Waals surface area contributed by atoms with Gasteiger partial charge in [0, 0.05) is 24.6 Å². The first kappa shape index (κ1) is 10.2. The third-order valence-electron chi connectivity index (χ3n) is 1.15. The molecule has 0 heterocycles. The number of carbonyl (C=O) groups excluding carboxylic acids is 1. The molecule has 0 unspecified atom stereocenters. The number of nitrogens with one attached hydrogen (secondary N) is 1. The van der Waals surface area contributed by atoms with Crippen LogP contribution in [0, 0.1) is 0 Å². The molecule has 0 aromatic heterocycles. The van der Waals surface area contributed by atoms with Crippen molar-refractivity contribution in [3.63, 3.8) is 0 Å². The number of hydrogen-bond acceptors (Lipinski definition) is 2. The number of amides is 1. The van der Waals surface area contributed by atoms with E-state index in [9.17, 15) is 9.59 Å². The molecule has 0 aliphatic carbocycles. The third-order valence-corrected chi connectivity index (χ3v) is 1.36. The Hall–Kier alpha value is -0.770. The molecule has 0 saturated carbocycles. The predicted octanol–water partition coefficient (Wildman–Crippen LogP) is 0.901. The first-order valence-corrected chi connectivity index (χ1v) is 3.66. The fraction of sp³-hybridized carbons (Fsp3) is 0.667. The highest BCUT2D eigenvalue weighted by atomic mass is 35.5. The molecule has 0 rings (SSSR count). The molecular weight excluding hydrogens is 170 g/mol. The Labute approximate surface area is 69.6 Å². The normalized spacial score (nSPS) is 9.18. The van der Waals surface area contributed by atoms with Crippen molar-refractivity contribution in [1.82, 2.24) is 4.84 Å². The second kappa shape index (κ2) is 5.97. The number of carboxylic acid groups (broad SMARTS) is 1. The molecule has 0 aromatic carbocycles. The maximum Gasteiger partial charge on any atom is 0.303 e. The Morgan fingerprint density at radius 1 is 1.27 bits per heavy atom. The highest BCUT2D eigenvalue weighted by Gasteiger charge is 2.00. The predicted molar refractivity (Wildman–Crippen MR) is 40.1 cm³/mol. The van der Waals surface area contributed by atoms with Gasteiger partial charge in [-0.3, -0.25) is 14.4 Å². The zero-order valence-corrected chi connectivity index (χ0v) is 6.73. The minimum atomic E-state index is -0.837. The first-order chi connectivity index (χ1) is 5.16. The van der Waals surface area contributed by atoms with Crippen LogP contribution in [-0.2, 0) is 9.59 Å². The summed E-state index contributed by atoms with van der Waals surface area (Å²) >= 11 is 4.98. The maximum atomic E-state index is 10.5. The lowest BCUT2D eigenvalue weighted by molar-refractivity contribution is -0.137. The quantitative estimate of drug-likeness (QED) is 0.487. The van der Waals surface area contributed by atoms with Gasteiger partial charge in [0.1, 0.15) is 0 Å². The minimum absolute atomic E-state index is 0.107. The van der Waals surface area contributed by atoms with Gasteiger partial charge >= 0.3 is 5.97 Å². The van der Waals surface area contributed by atoms with E-state index in [4.69, 9.17) is 16.9 Å². The minimum Gasteiger partial charge on any atom is -0.481 e. The van der Waals surface area contributed by atoms with Crippen LogP contribution in [0.3, 0.4) is 0 Å². The van der Waals surface area contributed by atoms with Crippen LogP contribution in [-0.4, -0.2) is 17.0 Å². The molecule has 1 amide bonds. The van der Waals surface area contributed by atoms with Gasteiger partial charge in [0.15, 0.2) is 0 Å². The molecule has 5 heteroatoms. The number of rotatable bonds is 5. The number of carboxylic acids is 1. The first-order valence-electron chi connectivity index (χ1n) is 3.28. The second-order valence-electron chi connectivity index (χ2n) is 2.12. The monoisotopic (exact) mass is 179 g/mol. The van der Waals surface area contributed by atoms with Crippen molar-refractivity contribution in [2.75, 3.05) is 0 Å². The number of aliphatic carboxylic acids is 1. The molecule has 11 heavy (non-hydrogen) atoms. The molecule has 4 nitrogen and oxygen atoms in total. The fourth-order valence-corrected chi connectivity index (χ4v) is 0.704. The van der Waals surface area contributed by atoms with E-state index in [0.717, 1.165) is 0 Å². The standard InChI is InChI=1S/C6H10ClNO3/c7-8-5(9)3-1-2-4-6(10)11/h1-4H2,(H,8,9)(H,10,11). The lowest BCUT2D eigenvalue weighted by Gasteiger charge is -1.95. The van der Waals surface area contributed by atoms with Gasteiger partial charge in [-0.15, -0.1) is 0 Å². The summed E-state index contributed by atoms with van der Waals surface area (Å²) in [4.78, 5) is 22.4. The second-order valence-corrected chi connectivity index (χ2v) is 2.31. The van der Waals surface area contributed by atoms with Gasteiger partial charge < -0.3 is 5.11 Å². The molecule has 0 spiro atoms. The highest BCUT2D eigenvalue weighted by molar-refractivity contribution is 6.21. The SMILES string of the molecule is O=C(O)CCCCC(=O)NCl. The van der Waals surface area contributed by atoms with Crippen molar-refractivity contribution < 1.29 is 14.7 Å². The Balaban J connectivity index is 3.14. The average molecular weight is 180 g/mol. The fourth-order valence-electron chi connectivity index (χ4n) is 0.609. The van der Waals surface area contributed by atoms with E-state index in [1.165, 1.54) is 0 Å².